The number of hydrogen-bond donors (Lipinski definition) is 1. The molecule has 0 unspecified atom stereocenters. The molecule has 1 aliphatic carbocycles. The summed E-state index contributed by atoms with van der Waals surface area (Å²) in [5.74, 6) is -2.40. The molecular weight excluding hydrogens is 375 g/mol. The average Bonchev–Trinajstić information content (AvgIpc) is 2.57. The van der Waals surface area contributed by atoms with Crippen molar-refractivity contribution in [3.8, 4) is 11.5 Å². The minimum Gasteiger partial charge on any atom is -0.449 e. The van der Waals surface area contributed by atoms with Gasteiger partial charge in [-0.05, 0) is 12.1 Å². The summed E-state index contributed by atoms with van der Waals surface area (Å²) in [7, 11) is 0. The van der Waals surface area contributed by atoms with E-state index in [2.05, 4.69) is 4.74 Å². The zero-order valence-corrected chi connectivity index (χ0v) is 13.5. The second kappa shape index (κ2) is 6.38. The number of allylic oxidation sites excluding steroid dienone is 2. The Morgan fingerprint density at radius 1 is 0.962 bits per heavy atom. The van der Waals surface area contributed by atoms with Crippen LogP contribution in [0, 0.1) is 0 Å². The van der Waals surface area contributed by atoms with Crippen LogP contribution < -0.4 is 15.2 Å². The highest BCUT2D eigenvalue weighted by molar-refractivity contribution is 6.49. The Hall–Kier alpha value is -3.00. The number of nitrogen functional groups attached to an aromatic ring is 1. The van der Waals surface area contributed by atoms with E-state index in [-0.39, 0.29) is 22.6 Å². The summed E-state index contributed by atoms with van der Waals surface area (Å²) in [4.78, 5) is 24.8. The van der Waals surface area contributed by atoms with Crippen LogP contribution in [-0.2, 0) is 0 Å². The smallest absolute Gasteiger partial charge is 0.449 e. The van der Waals surface area contributed by atoms with Gasteiger partial charge in [-0.3, -0.25) is 9.59 Å². The molecule has 9 heteroatoms. The summed E-state index contributed by atoms with van der Waals surface area (Å²) >= 11 is 5.95. The van der Waals surface area contributed by atoms with E-state index < -0.39 is 34.5 Å². The minimum atomic E-state index is -4.88. The molecule has 2 aromatic carbocycles. The van der Waals surface area contributed by atoms with Crippen LogP contribution in [0.5, 0.6) is 11.5 Å². The number of fused-ring (bicyclic) bond motifs is 1. The molecular formula is C17H9ClF3NO4. The van der Waals surface area contributed by atoms with Crippen molar-refractivity contribution in [1.82, 2.24) is 0 Å². The number of alkyl halides is 3. The largest absolute Gasteiger partial charge is 0.573 e. The summed E-state index contributed by atoms with van der Waals surface area (Å²) in [6, 6.07) is 8.94. The molecule has 3 rings (SSSR count). The summed E-state index contributed by atoms with van der Waals surface area (Å²) < 4.78 is 45.8. The van der Waals surface area contributed by atoms with Crippen molar-refractivity contribution in [2.45, 2.75) is 6.36 Å². The number of ether oxygens (including phenoxy) is 2. The van der Waals surface area contributed by atoms with Gasteiger partial charge in [-0.2, -0.15) is 0 Å². The number of carbonyl (C=O) groups excluding carboxylic acids is 2. The maximum Gasteiger partial charge on any atom is 0.573 e. The molecule has 0 aromatic heterocycles. The zero-order chi connectivity index (χ0) is 19.1. The van der Waals surface area contributed by atoms with Crippen LogP contribution in [0.25, 0.3) is 0 Å². The Labute approximate surface area is 149 Å². The van der Waals surface area contributed by atoms with Crippen molar-refractivity contribution in [2.75, 3.05) is 5.73 Å². The van der Waals surface area contributed by atoms with Crippen molar-refractivity contribution >= 4 is 28.9 Å². The molecule has 0 saturated carbocycles. The molecule has 0 atom stereocenters. The molecule has 0 bridgehead atoms. The maximum absolute atomic E-state index is 12.5. The van der Waals surface area contributed by atoms with Crippen LogP contribution in [-0.4, -0.2) is 17.9 Å². The fourth-order valence-electron chi connectivity index (χ4n) is 2.34. The van der Waals surface area contributed by atoms with Gasteiger partial charge in [0.05, 0.1) is 5.69 Å². The predicted molar refractivity (Wildman–Crippen MR) is 86.1 cm³/mol. The fraction of sp³-hybridized carbons (Fsp3) is 0.0588. The molecule has 26 heavy (non-hydrogen) atoms. The first-order valence-electron chi connectivity index (χ1n) is 7.08. The third-order valence-electron chi connectivity index (χ3n) is 3.45. The first-order valence-corrected chi connectivity index (χ1v) is 7.46. The number of benzene rings is 2. The van der Waals surface area contributed by atoms with Crippen molar-refractivity contribution in [3.05, 3.63) is 64.4 Å². The van der Waals surface area contributed by atoms with Gasteiger partial charge >= 0.3 is 6.36 Å². The van der Waals surface area contributed by atoms with E-state index in [1.807, 2.05) is 0 Å². The summed E-state index contributed by atoms with van der Waals surface area (Å²) in [5.41, 5.74) is 5.65. The van der Waals surface area contributed by atoms with Gasteiger partial charge < -0.3 is 15.2 Å². The van der Waals surface area contributed by atoms with Gasteiger partial charge in [0.1, 0.15) is 10.8 Å². The van der Waals surface area contributed by atoms with Crippen molar-refractivity contribution in [1.29, 1.82) is 0 Å². The Morgan fingerprint density at radius 3 is 2.15 bits per heavy atom. The number of ketones is 2. The highest BCUT2D eigenvalue weighted by atomic mass is 35.5. The van der Waals surface area contributed by atoms with Crippen LogP contribution in [0.3, 0.4) is 0 Å². The monoisotopic (exact) mass is 383 g/mol. The van der Waals surface area contributed by atoms with E-state index >= 15 is 0 Å². The maximum atomic E-state index is 12.5. The molecule has 0 aliphatic heterocycles. The van der Waals surface area contributed by atoms with Gasteiger partial charge in [0.25, 0.3) is 0 Å². The Bertz CT molecular complexity index is 953. The van der Waals surface area contributed by atoms with E-state index in [4.69, 9.17) is 22.1 Å². The van der Waals surface area contributed by atoms with E-state index in [1.165, 1.54) is 12.1 Å². The van der Waals surface area contributed by atoms with E-state index in [9.17, 15) is 22.8 Å². The average molecular weight is 384 g/mol. The molecule has 5 nitrogen and oxygen atoms in total. The lowest BCUT2D eigenvalue weighted by atomic mass is 9.93. The standard InChI is InChI=1S/C17H9ClF3NO4/c18-13-14(23)9-3-1-2-4-10(9)15(24)16(13)25-12-6-5-8(7-11(12)22)26-17(19,20)21/h1-7H,22H2. The van der Waals surface area contributed by atoms with Crippen LogP contribution in [0.2, 0.25) is 0 Å². The van der Waals surface area contributed by atoms with Crippen LogP contribution in [0.1, 0.15) is 20.7 Å². The zero-order valence-electron chi connectivity index (χ0n) is 12.8. The quantitative estimate of drug-likeness (QED) is 0.808. The van der Waals surface area contributed by atoms with Crippen molar-refractivity contribution in [3.63, 3.8) is 0 Å². The first kappa shape index (κ1) is 17.8. The number of carbonyl (C=O) groups is 2. The lowest BCUT2D eigenvalue weighted by molar-refractivity contribution is -0.274. The molecule has 2 N–H and O–H groups in total. The normalized spacial score (nSPS) is 14.3. The summed E-state index contributed by atoms with van der Waals surface area (Å²) in [6.07, 6.45) is -4.88. The summed E-state index contributed by atoms with van der Waals surface area (Å²) in [5, 5.41) is -0.441. The molecule has 0 heterocycles. The number of halogens is 4. The van der Waals surface area contributed by atoms with Crippen molar-refractivity contribution in [2.24, 2.45) is 0 Å². The molecule has 134 valence electrons. The first-order chi connectivity index (χ1) is 12.2. The Balaban J connectivity index is 1.93. The van der Waals surface area contributed by atoms with Gasteiger partial charge in [0, 0.05) is 17.2 Å². The molecule has 0 radical (unpaired) electrons. The van der Waals surface area contributed by atoms with Gasteiger partial charge in [0.15, 0.2) is 11.5 Å². The van der Waals surface area contributed by atoms with Gasteiger partial charge in [-0.1, -0.05) is 35.9 Å². The minimum absolute atomic E-state index is 0.104. The molecule has 0 fully saturated rings. The molecule has 0 spiro atoms. The fourth-order valence-corrected chi connectivity index (χ4v) is 2.57. The van der Waals surface area contributed by atoms with Gasteiger partial charge in [-0.15, -0.1) is 13.2 Å². The number of Topliss-reactive ketones (excluding diaryl/α,β-unsaturated/α-hetero) is 2. The second-order valence-electron chi connectivity index (χ2n) is 5.20. The Kier molecular flexibility index (Phi) is 4.37. The SMILES string of the molecule is Nc1cc(OC(F)(F)F)ccc1OC1=C(Cl)C(=O)c2ccccc2C1=O. The highest BCUT2D eigenvalue weighted by Gasteiger charge is 2.34. The third-order valence-corrected chi connectivity index (χ3v) is 3.79. The van der Waals surface area contributed by atoms with E-state index in [0.29, 0.717) is 0 Å². The molecule has 1 aliphatic rings. The second-order valence-corrected chi connectivity index (χ2v) is 5.57. The molecule has 0 amide bonds. The number of rotatable bonds is 3. The summed E-state index contributed by atoms with van der Waals surface area (Å²) in [6.45, 7) is 0. The van der Waals surface area contributed by atoms with Crippen LogP contribution >= 0.6 is 11.6 Å². The lowest BCUT2D eigenvalue weighted by Gasteiger charge is -2.19. The Morgan fingerprint density at radius 2 is 1.58 bits per heavy atom. The lowest BCUT2D eigenvalue weighted by Crippen LogP contribution is -2.23. The van der Waals surface area contributed by atoms with Gasteiger partial charge in [-0.25, -0.2) is 0 Å². The van der Waals surface area contributed by atoms with Crippen LogP contribution in [0.4, 0.5) is 18.9 Å². The van der Waals surface area contributed by atoms with Crippen molar-refractivity contribution < 1.29 is 32.2 Å². The van der Waals surface area contributed by atoms with E-state index in [1.54, 1.807) is 12.1 Å². The number of anilines is 1. The predicted octanol–water partition coefficient (Wildman–Crippen LogP) is 4.08. The highest BCUT2D eigenvalue weighted by Crippen LogP contribution is 2.34. The van der Waals surface area contributed by atoms with Crippen LogP contribution in [0.15, 0.2) is 53.3 Å². The van der Waals surface area contributed by atoms with Gasteiger partial charge in [0.2, 0.25) is 11.6 Å². The topological polar surface area (TPSA) is 78.6 Å². The number of nitrogens with two attached hydrogens (primary N) is 1. The van der Waals surface area contributed by atoms with E-state index in [0.717, 1.165) is 18.2 Å². The molecule has 0 saturated heterocycles. The third kappa shape index (κ3) is 3.36. The molecule has 2 aromatic rings. The number of hydrogen-bond acceptors (Lipinski definition) is 5.